The maximum Gasteiger partial charge on any atom is 0.0847 e. The van der Waals surface area contributed by atoms with E-state index in [0.717, 1.165) is 61.2 Å². The van der Waals surface area contributed by atoms with Crippen molar-refractivity contribution in [3.05, 3.63) is 149 Å². The molecule has 0 aliphatic rings. The number of benzene rings is 4. The third kappa shape index (κ3) is 7.28. The Kier molecular flexibility index (Phi) is 10.1. The summed E-state index contributed by atoms with van der Waals surface area (Å²) in [6, 6.07) is 36.7. The fraction of sp³-hybridized carbons (Fsp3) is 0.196. The number of nitrogens with zero attached hydrogens (tertiary/aromatic N) is 3. The fourth-order valence-corrected chi connectivity index (χ4v) is 6.22. The van der Waals surface area contributed by atoms with Crippen molar-refractivity contribution in [2.24, 2.45) is 0 Å². The number of fused-ring (bicyclic) bond motifs is 4. The minimum absolute atomic E-state index is 0. The van der Waals surface area contributed by atoms with Crippen molar-refractivity contribution >= 4 is 32.6 Å². The number of hydrogen-bond donors (Lipinski definition) is 0. The minimum atomic E-state index is 0. The molecular formula is C46H41IrN3O-2. The number of rotatable bonds is 3. The molecule has 0 saturated carbocycles. The smallest absolute Gasteiger partial charge is 0.0847 e. The van der Waals surface area contributed by atoms with Crippen molar-refractivity contribution < 1.29 is 24.5 Å². The van der Waals surface area contributed by atoms with E-state index in [-0.39, 0.29) is 25.5 Å². The maximum atomic E-state index is 5.76. The molecule has 0 atom stereocenters. The summed E-state index contributed by atoms with van der Waals surface area (Å²) < 4.78 is 5.76. The topological polar surface area (TPSA) is 51.8 Å². The van der Waals surface area contributed by atoms with Gasteiger partial charge in [0.05, 0.1) is 5.58 Å². The van der Waals surface area contributed by atoms with Crippen molar-refractivity contribution in [2.75, 3.05) is 0 Å². The Morgan fingerprint density at radius 1 is 0.725 bits per heavy atom. The van der Waals surface area contributed by atoms with Crippen LogP contribution in [0.15, 0.2) is 108 Å². The normalized spacial score (nSPS) is 11.4. The Bertz CT molecular complexity index is 2490. The van der Waals surface area contributed by atoms with Gasteiger partial charge in [-0.2, -0.15) is 0 Å². The van der Waals surface area contributed by atoms with Gasteiger partial charge in [-0.25, -0.2) is 0 Å². The van der Waals surface area contributed by atoms with Crippen LogP contribution in [0.25, 0.3) is 66.3 Å². The van der Waals surface area contributed by atoms with E-state index >= 15 is 0 Å². The molecule has 4 aromatic heterocycles. The Labute approximate surface area is 314 Å². The predicted molar refractivity (Wildman–Crippen MR) is 207 cm³/mol. The number of pyridine rings is 3. The van der Waals surface area contributed by atoms with Gasteiger partial charge in [0.15, 0.2) is 0 Å². The summed E-state index contributed by atoms with van der Waals surface area (Å²) in [5.74, 6) is 0. The van der Waals surface area contributed by atoms with Crippen LogP contribution < -0.4 is 0 Å². The molecule has 0 spiro atoms. The molecule has 0 amide bonds. The van der Waals surface area contributed by atoms with E-state index < -0.39 is 0 Å². The number of aromatic nitrogens is 3. The van der Waals surface area contributed by atoms with Crippen LogP contribution in [0.1, 0.15) is 54.3 Å². The molecule has 51 heavy (non-hydrogen) atoms. The Hall–Kier alpha value is -4.96. The SMILES string of the molecule is Cc1c[c-]c(-c2cc(C)c(C)cn2)cc1C.Cc1ccc2c(-c3ncccc3-c3ccc4cc(C(C)(C)C)ccc4c3)[c-]c3ccoc3c2n1.[Ir]. The number of furan rings is 1. The second-order valence-corrected chi connectivity index (χ2v) is 14.3. The van der Waals surface area contributed by atoms with Crippen molar-refractivity contribution in [1.29, 1.82) is 0 Å². The summed E-state index contributed by atoms with van der Waals surface area (Å²) in [7, 11) is 0. The van der Waals surface area contributed by atoms with E-state index in [4.69, 9.17) is 14.4 Å². The third-order valence-electron chi connectivity index (χ3n) is 9.58. The monoisotopic (exact) mass is 844 g/mol. The number of aryl methyl sites for hydroxylation is 5. The largest absolute Gasteiger partial charge is 0.506 e. The van der Waals surface area contributed by atoms with Crippen LogP contribution in [0.5, 0.6) is 0 Å². The molecule has 0 unspecified atom stereocenters. The number of hydrogen-bond acceptors (Lipinski definition) is 4. The second-order valence-electron chi connectivity index (χ2n) is 14.3. The standard InChI is InChI=1S/C31H25N2O.C15H16N.Ir/c1-19-7-12-26-27(18-23-13-15-34-30(23)29(26)33-19)28-25(6-5-14-32-28)22-9-8-21-17-24(31(2,3)4)11-10-20(21)16-22;1-10-5-6-14(7-11(10)2)15-8-12(3)13(4)9-16-15;/h5-17H,1-4H3;5,7-9H,1-4H3;/q2*-1;. The van der Waals surface area contributed by atoms with E-state index in [1.807, 2.05) is 43.6 Å². The molecule has 8 aromatic rings. The van der Waals surface area contributed by atoms with Crippen LogP contribution in [0.4, 0.5) is 0 Å². The summed E-state index contributed by atoms with van der Waals surface area (Å²) in [4.78, 5) is 14.1. The Balaban J connectivity index is 0.000000222. The van der Waals surface area contributed by atoms with Crippen molar-refractivity contribution in [3.8, 4) is 33.6 Å². The Morgan fingerprint density at radius 2 is 1.49 bits per heavy atom. The molecule has 5 heteroatoms. The molecule has 8 rings (SSSR count). The molecule has 257 valence electrons. The van der Waals surface area contributed by atoms with Gasteiger partial charge in [0.1, 0.15) is 0 Å². The molecular weight excluding hydrogens is 803 g/mol. The average molecular weight is 844 g/mol. The van der Waals surface area contributed by atoms with Crippen LogP contribution in [-0.2, 0) is 25.5 Å². The first-order valence-electron chi connectivity index (χ1n) is 17.1. The zero-order valence-electron chi connectivity index (χ0n) is 30.4. The summed E-state index contributed by atoms with van der Waals surface area (Å²) in [6.45, 7) is 17.2. The first-order valence-corrected chi connectivity index (χ1v) is 17.1. The van der Waals surface area contributed by atoms with Crippen molar-refractivity contribution in [2.45, 2.75) is 60.8 Å². The molecule has 0 aliphatic carbocycles. The quantitative estimate of drug-likeness (QED) is 0.166. The Morgan fingerprint density at radius 3 is 2.25 bits per heavy atom. The van der Waals surface area contributed by atoms with Crippen LogP contribution in [0.2, 0.25) is 0 Å². The van der Waals surface area contributed by atoms with Gasteiger partial charge in [-0.1, -0.05) is 111 Å². The maximum absolute atomic E-state index is 5.76. The van der Waals surface area contributed by atoms with Crippen LogP contribution >= 0.6 is 0 Å². The van der Waals surface area contributed by atoms with Crippen LogP contribution in [0.3, 0.4) is 0 Å². The molecule has 0 saturated heterocycles. The molecule has 0 fully saturated rings. The minimum Gasteiger partial charge on any atom is -0.506 e. The van der Waals surface area contributed by atoms with Crippen LogP contribution in [0, 0.1) is 46.8 Å². The molecule has 1 radical (unpaired) electrons. The fourth-order valence-electron chi connectivity index (χ4n) is 6.22. The third-order valence-corrected chi connectivity index (χ3v) is 9.58. The molecule has 0 aliphatic heterocycles. The van der Waals surface area contributed by atoms with E-state index in [1.54, 1.807) is 6.26 Å². The predicted octanol–water partition coefficient (Wildman–Crippen LogP) is 12.0. The van der Waals surface area contributed by atoms with Gasteiger partial charge >= 0.3 is 0 Å². The molecule has 4 nitrogen and oxygen atoms in total. The summed E-state index contributed by atoms with van der Waals surface area (Å²) in [6.07, 6.45) is 5.47. The summed E-state index contributed by atoms with van der Waals surface area (Å²) >= 11 is 0. The first kappa shape index (κ1) is 35.9. The van der Waals surface area contributed by atoms with Crippen molar-refractivity contribution in [3.63, 3.8) is 0 Å². The summed E-state index contributed by atoms with van der Waals surface area (Å²) in [5, 5.41) is 4.36. The van der Waals surface area contributed by atoms with E-state index in [0.29, 0.717) is 0 Å². The van der Waals surface area contributed by atoms with E-state index in [1.165, 1.54) is 38.6 Å². The van der Waals surface area contributed by atoms with Gasteiger partial charge in [0.25, 0.3) is 0 Å². The molecule has 0 N–H and O–H groups in total. The average Bonchev–Trinajstić information content (AvgIpc) is 3.59. The van der Waals surface area contributed by atoms with Gasteiger partial charge in [0, 0.05) is 55.7 Å². The zero-order chi connectivity index (χ0) is 35.2. The van der Waals surface area contributed by atoms with Gasteiger partial charge < -0.3 is 9.40 Å². The van der Waals surface area contributed by atoms with Gasteiger partial charge in [-0.3, -0.25) is 9.97 Å². The molecule has 4 heterocycles. The second kappa shape index (κ2) is 14.3. The van der Waals surface area contributed by atoms with E-state index in [2.05, 4.69) is 126 Å². The summed E-state index contributed by atoms with van der Waals surface area (Å²) in [5.41, 5.74) is 15.2. The zero-order valence-corrected chi connectivity index (χ0v) is 32.8. The van der Waals surface area contributed by atoms with Gasteiger partial charge in [0.2, 0.25) is 0 Å². The molecule has 0 bridgehead atoms. The van der Waals surface area contributed by atoms with Crippen molar-refractivity contribution in [1.82, 2.24) is 15.0 Å². The molecule has 4 aromatic carbocycles. The van der Waals surface area contributed by atoms with Gasteiger partial charge in [-0.05, 0) is 83.1 Å². The van der Waals surface area contributed by atoms with E-state index in [9.17, 15) is 0 Å². The van der Waals surface area contributed by atoms with Crippen LogP contribution in [-0.4, -0.2) is 15.0 Å². The first-order chi connectivity index (χ1) is 24.0. The van der Waals surface area contributed by atoms with Gasteiger partial charge in [-0.15, -0.1) is 41.0 Å².